The Hall–Kier alpha value is -1.71. The largest absolute Gasteiger partial charge is 0.483 e. The third-order valence-electron chi connectivity index (χ3n) is 4.52. The van der Waals surface area contributed by atoms with E-state index >= 15 is 0 Å². The Kier molecular flexibility index (Phi) is 13.5. The minimum atomic E-state index is -0.250. The monoisotopic (exact) mass is 375 g/mol. The first-order valence-electron chi connectivity index (χ1n) is 8.88. The molecule has 0 unspecified atom stereocenters. The number of rotatable bonds is 6. The van der Waals surface area contributed by atoms with E-state index in [1.807, 2.05) is 6.92 Å². The number of likely N-dealkylation sites (N-methyl/N-ethyl adjacent to an activating group) is 2. The Balaban J connectivity index is 0.000000918. The molecule has 0 aromatic rings. The molecule has 1 aliphatic carbocycles. The Bertz CT molecular complexity index is 398. The van der Waals surface area contributed by atoms with E-state index in [2.05, 4.69) is 29.2 Å². The van der Waals surface area contributed by atoms with E-state index in [4.69, 9.17) is 24.5 Å². The Labute approximate surface area is 155 Å². The van der Waals surface area contributed by atoms with Crippen molar-refractivity contribution in [2.24, 2.45) is 0 Å². The zero-order chi connectivity index (χ0) is 19.9. The molecule has 2 atom stereocenters. The van der Waals surface area contributed by atoms with E-state index in [9.17, 15) is 4.79 Å². The number of likely N-dealkylation sites (tertiary alicyclic amines) is 1. The van der Waals surface area contributed by atoms with Crippen LogP contribution in [-0.4, -0.2) is 97.4 Å². The van der Waals surface area contributed by atoms with Gasteiger partial charge in [-0.15, -0.1) is 0 Å². The summed E-state index contributed by atoms with van der Waals surface area (Å²) in [5, 5.41) is 16.9. The van der Waals surface area contributed by atoms with Crippen molar-refractivity contribution in [3.8, 4) is 0 Å². The van der Waals surface area contributed by atoms with Gasteiger partial charge in [-0.2, -0.15) is 0 Å². The van der Waals surface area contributed by atoms with E-state index in [1.165, 1.54) is 25.7 Å². The summed E-state index contributed by atoms with van der Waals surface area (Å²) >= 11 is 0. The summed E-state index contributed by atoms with van der Waals surface area (Å²) in [5.41, 5.74) is 0. The lowest BCUT2D eigenvalue weighted by Crippen LogP contribution is -2.48. The van der Waals surface area contributed by atoms with Gasteiger partial charge in [0.05, 0.1) is 18.7 Å². The first-order chi connectivity index (χ1) is 12.4. The zero-order valence-corrected chi connectivity index (χ0v) is 16.0. The Morgan fingerprint density at radius 3 is 2.27 bits per heavy atom. The second kappa shape index (κ2) is 14.5. The van der Waals surface area contributed by atoms with Crippen LogP contribution in [0.25, 0.3) is 0 Å². The predicted molar refractivity (Wildman–Crippen MR) is 97.1 cm³/mol. The fourth-order valence-corrected chi connectivity index (χ4v) is 3.44. The van der Waals surface area contributed by atoms with Crippen molar-refractivity contribution in [3.05, 3.63) is 0 Å². The van der Waals surface area contributed by atoms with Crippen LogP contribution in [0.3, 0.4) is 0 Å². The average Bonchev–Trinajstić information content (AvgIpc) is 3.20. The van der Waals surface area contributed by atoms with Crippen LogP contribution < -0.4 is 5.32 Å². The summed E-state index contributed by atoms with van der Waals surface area (Å²) in [6.07, 6.45) is 5.20. The fraction of sp³-hybridized carbons (Fsp3) is 0.824. The van der Waals surface area contributed by atoms with Crippen LogP contribution in [0.2, 0.25) is 0 Å². The quantitative estimate of drug-likeness (QED) is 0.559. The lowest BCUT2D eigenvalue weighted by Gasteiger charge is -2.25. The van der Waals surface area contributed by atoms with Crippen molar-refractivity contribution < 1.29 is 29.3 Å². The maximum atomic E-state index is 12.2. The van der Waals surface area contributed by atoms with E-state index < -0.39 is 0 Å². The molecule has 3 N–H and O–H groups in total. The van der Waals surface area contributed by atoms with Crippen molar-refractivity contribution in [3.63, 3.8) is 0 Å². The normalized spacial score (nSPS) is 22.8. The van der Waals surface area contributed by atoms with Gasteiger partial charge in [-0.25, -0.2) is 0 Å². The molecular formula is C17H33N3O6. The van der Waals surface area contributed by atoms with Crippen molar-refractivity contribution in [1.82, 2.24) is 15.1 Å². The van der Waals surface area contributed by atoms with Crippen LogP contribution in [0.1, 0.15) is 32.6 Å². The highest BCUT2D eigenvalue weighted by Crippen LogP contribution is 2.22. The van der Waals surface area contributed by atoms with Crippen LogP contribution in [0.5, 0.6) is 0 Å². The molecule has 0 aromatic carbocycles. The minimum Gasteiger partial charge on any atom is -0.483 e. The minimum absolute atomic E-state index is 0.129. The number of nitrogens with zero attached hydrogens (tertiary/aromatic N) is 2. The Morgan fingerprint density at radius 2 is 1.77 bits per heavy atom. The van der Waals surface area contributed by atoms with E-state index in [0.717, 1.165) is 13.1 Å². The molecule has 152 valence electrons. The van der Waals surface area contributed by atoms with Gasteiger partial charge in [-0.3, -0.25) is 19.3 Å². The highest BCUT2D eigenvalue weighted by Gasteiger charge is 2.32. The number of ether oxygens (including phenoxy) is 1. The second-order valence-corrected chi connectivity index (χ2v) is 6.45. The number of hydrogen-bond donors (Lipinski definition) is 3. The predicted octanol–water partition coefficient (Wildman–Crippen LogP) is 0.0977. The standard InChI is InChI=1S/C15H29N3O2.2CH2O2/c1-4-20-14-10-17(2)9-13(14)16-15(19)11-18(3)12-7-5-6-8-12;2*2-1-3/h12-14H,4-11H2,1-3H3,(H,16,19);2*1H,(H,2,3)/t13-,14-;;/m0../s1. The van der Waals surface area contributed by atoms with E-state index in [-0.39, 0.29) is 31.0 Å². The molecule has 1 aliphatic heterocycles. The topological polar surface area (TPSA) is 119 Å². The number of carboxylic acid groups (broad SMARTS) is 2. The van der Waals surface area contributed by atoms with Gasteiger partial charge in [-0.05, 0) is 33.9 Å². The third kappa shape index (κ3) is 9.69. The van der Waals surface area contributed by atoms with Crippen molar-refractivity contribution in [2.45, 2.75) is 50.8 Å². The highest BCUT2D eigenvalue weighted by atomic mass is 16.5. The molecule has 9 nitrogen and oxygen atoms in total. The lowest BCUT2D eigenvalue weighted by molar-refractivity contribution is -0.124. The molecular weight excluding hydrogens is 342 g/mol. The molecule has 0 radical (unpaired) electrons. The van der Waals surface area contributed by atoms with Gasteiger partial charge >= 0.3 is 0 Å². The molecule has 0 spiro atoms. The number of carbonyl (C=O) groups excluding carboxylic acids is 1. The molecule has 2 aliphatic rings. The molecule has 26 heavy (non-hydrogen) atoms. The summed E-state index contributed by atoms with van der Waals surface area (Å²) in [4.78, 5) is 33.3. The molecule has 9 heteroatoms. The summed E-state index contributed by atoms with van der Waals surface area (Å²) in [5.74, 6) is 0.129. The zero-order valence-electron chi connectivity index (χ0n) is 16.0. The summed E-state index contributed by atoms with van der Waals surface area (Å²) < 4.78 is 5.72. The number of amides is 1. The lowest BCUT2D eigenvalue weighted by atomic mass is 10.2. The smallest absolute Gasteiger partial charge is 0.290 e. The first kappa shape index (κ1) is 24.3. The molecule has 0 aromatic heterocycles. The van der Waals surface area contributed by atoms with Gasteiger partial charge in [0.2, 0.25) is 5.91 Å². The number of carbonyl (C=O) groups is 3. The van der Waals surface area contributed by atoms with Gasteiger partial charge in [0.25, 0.3) is 12.9 Å². The third-order valence-corrected chi connectivity index (χ3v) is 4.52. The molecule has 1 saturated heterocycles. The maximum absolute atomic E-state index is 12.2. The van der Waals surface area contributed by atoms with Crippen LogP contribution >= 0.6 is 0 Å². The number of hydrogen-bond acceptors (Lipinski definition) is 6. The van der Waals surface area contributed by atoms with Gasteiger partial charge < -0.3 is 25.2 Å². The second-order valence-electron chi connectivity index (χ2n) is 6.45. The summed E-state index contributed by atoms with van der Waals surface area (Å²) in [6, 6.07) is 0.721. The van der Waals surface area contributed by atoms with Crippen LogP contribution in [0.4, 0.5) is 0 Å². The summed E-state index contributed by atoms with van der Waals surface area (Å²) in [6.45, 7) is 4.49. The van der Waals surface area contributed by atoms with E-state index in [1.54, 1.807) is 0 Å². The Morgan fingerprint density at radius 1 is 1.23 bits per heavy atom. The first-order valence-corrected chi connectivity index (χ1v) is 8.88. The number of nitrogens with one attached hydrogen (secondary N) is 1. The molecule has 1 amide bonds. The molecule has 1 saturated carbocycles. The van der Waals surface area contributed by atoms with Crippen LogP contribution in [0.15, 0.2) is 0 Å². The van der Waals surface area contributed by atoms with Gasteiger partial charge in [0.15, 0.2) is 0 Å². The SMILES string of the molecule is CCO[C@H]1CN(C)C[C@@H]1NC(=O)CN(C)C1CCCC1.O=CO.O=CO. The van der Waals surface area contributed by atoms with Crippen molar-refractivity contribution >= 4 is 18.9 Å². The molecule has 0 bridgehead atoms. The molecule has 2 fully saturated rings. The molecule has 1 heterocycles. The van der Waals surface area contributed by atoms with Crippen LogP contribution in [0, 0.1) is 0 Å². The van der Waals surface area contributed by atoms with Gasteiger partial charge in [0, 0.05) is 25.7 Å². The van der Waals surface area contributed by atoms with Crippen molar-refractivity contribution in [2.75, 3.05) is 40.3 Å². The van der Waals surface area contributed by atoms with Gasteiger partial charge in [0.1, 0.15) is 0 Å². The van der Waals surface area contributed by atoms with Crippen molar-refractivity contribution in [1.29, 1.82) is 0 Å². The van der Waals surface area contributed by atoms with Crippen LogP contribution in [-0.2, 0) is 19.1 Å². The highest BCUT2D eigenvalue weighted by molar-refractivity contribution is 5.78. The van der Waals surface area contributed by atoms with Gasteiger partial charge in [-0.1, -0.05) is 12.8 Å². The molecule has 2 rings (SSSR count). The fourth-order valence-electron chi connectivity index (χ4n) is 3.44. The van der Waals surface area contributed by atoms with E-state index in [0.29, 0.717) is 19.2 Å². The maximum Gasteiger partial charge on any atom is 0.290 e. The summed E-state index contributed by atoms with van der Waals surface area (Å²) in [7, 11) is 4.14. The average molecular weight is 375 g/mol.